The van der Waals surface area contributed by atoms with Crippen LogP contribution in [-0.4, -0.2) is 29.8 Å². The quantitative estimate of drug-likeness (QED) is 0.751. The van der Waals surface area contributed by atoms with E-state index in [0.717, 1.165) is 5.69 Å². The van der Waals surface area contributed by atoms with E-state index >= 15 is 0 Å². The highest BCUT2D eigenvalue weighted by atomic mass is 16.5. The van der Waals surface area contributed by atoms with E-state index in [1.807, 2.05) is 0 Å². The lowest BCUT2D eigenvalue weighted by Crippen LogP contribution is -2.04. The Hall–Kier alpha value is -1.42. The van der Waals surface area contributed by atoms with E-state index in [4.69, 9.17) is 9.84 Å². The molecule has 0 aromatic carbocycles. The van der Waals surface area contributed by atoms with Gasteiger partial charge in [0.05, 0.1) is 6.61 Å². The molecular formula is C9H11NO3. The molecule has 1 aromatic rings. The Labute approximate surface area is 76.2 Å². The first-order chi connectivity index (χ1) is 6.24. The number of nitrogens with zero attached hydrogens (tertiary/aromatic N) is 1. The van der Waals surface area contributed by atoms with Crippen molar-refractivity contribution in [3.63, 3.8) is 0 Å². The van der Waals surface area contributed by atoms with Gasteiger partial charge in [0.15, 0.2) is 0 Å². The Kier molecular flexibility index (Phi) is 3.40. The summed E-state index contributed by atoms with van der Waals surface area (Å²) in [6.07, 6.45) is 0.637. The van der Waals surface area contributed by atoms with Gasteiger partial charge in [-0.25, -0.2) is 9.78 Å². The summed E-state index contributed by atoms with van der Waals surface area (Å²) in [5.41, 5.74) is 0.815. The van der Waals surface area contributed by atoms with Crippen LogP contribution in [-0.2, 0) is 11.2 Å². The van der Waals surface area contributed by atoms with Crippen LogP contribution in [0.5, 0.6) is 0 Å². The summed E-state index contributed by atoms with van der Waals surface area (Å²) < 4.78 is 4.86. The molecule has 0 unspecified atom stereocenters. The van der Waals surface area contributed by atoms with Crippen molar-refractivity contribution < 1.29 is 14.6 Å². The second kappa shape index (κ2) is 4.57. The van der Waals surface area contributed by atoms with E-state index < -0.39 is 5.97 Å². The van der Waals surface area contributed by atoms with E-state index in [-0.39, 0.29) is 5.69 Å². The fourth-order valence-corrected chi connectivity index (χ4v) is 0.945. The van der Waals surface area contributed by atoms with Crippen molar-refractivity contribution >= 4 is 5.97 Å². The van der Waals surface area contributed by atoms with E-state index in [9.17, 15) is 4.79 Å². The van der Waals surface area contributed by atoms with Crippen LogP contribution in [0.2, 0.25) is 0 Å². The summed E-state index contributed by atoms with van der Waals surface area (Å²) in [5.74, 6) is -1.00. The van der Waals surface area contributed by atoms with Gasteiger partial charge in [-0.1, -0.05) is 6.07 Å². The topological polar surface area (TPSA) is 59.4 Å². The summed E-state index contributed by atoms with van der Waals surface area (Å²) in [4.78, 5) is 14.5. The van der Waals surface area contributed by atoms with Crippen molar-refractivity contribution in [3.8, 4) is 0 Å². The first kappa shape index (κ1) is 9.67. The summed E-state index contributed by atoms with van der Waals surface area (Å²) in [7, 11) is 1.60. The zero-order valence-electron chi connectivity index (χ0n) is 7.36. The molecule has 1 aromatic heterocycles. The number of carbonyl (C=O) groups is 1. The average molecular weight is 181 g/mol. The smallest absolute Gasteiger partial charge is 0.354 e. The lowest BCUT2D eigenvalue weighted by atomic mass is 10.2. The molecule has 0 aliphatic heterocycles. The van der Waals surface area contributed by atoms with E-state index in [0.29, 0.717) is 13.0 Å². The third kappa shape index (κ3) is 2.83. The van der Waals surface area contributed by atoms with Gasteiger partial charge in [0.2, 0.25) is 0 Å². The molecule has 0 atom stereocenters. The number of pyridine rings is 1. The maximum absolute atomic E-state index is 10.5. The summed E-state index contributed by atoms with van der Waals surface area (Å²) in [6, 6.07) is 4.94. The average Bonchev–Trinajstić information content (AvgIpc) is 2.15. The third-order valence-corrected chi connectivity index (χ3v) is 1.59. The predicted octanol–water partition coefficient (Wildman–Crippen LogP) is 0.969. The normalized spacial score (nSPS) is 9.92. The van der Waals surface area contributed by atoms with Crippen molar-refractivity contribution in [1.29, 1.82) is 0 Å². The number of ether oxygens (including phenoxy) is 1. The van der Waals surface area contributed by atoms with Crippen molar-refractivity contribution in [2.45, 2.75) is 6.42 Å². The molecule has 0 radical (unpaired) electrons. The largest absolute Gasteiger partial charge is 0.477 e. The minimum atomic E-state index is -1.00. The molecule has 1 rings (SSSR count). The summed E-state index contributed by atoms with van der Waals surface area (Å²) >= 11 is 0. The molecule has 0 amide bonds. The van der Waals surface area contributed by atoms with Gasteiger partial charge >= 0.3 is 5.97 Å². The number of rotatable bonds is 4. The first-order valence-corrected chi connectivity index (χ1v) is 3.92. The van der Waals surface area contributed by atoms with E-state index in [1.54, 1.807) is 19.2 Å². The Morgan fingerprint density at radius 1 is 1.62 bits per heavy atom. The number of hydrogen-bond acceptors (Lipinski definition) is 3. The Morgan fingerprint density at radius 2 is 2.38 bits per heavy atom. The zero-order valence-corrected chi connectivity index (χ0v) is 7.36. The standard InChI is InChI=1S/C9H11NO3/c1-13-6-5-7-3-2-4-8(10-7)9(11)12/h2-4H,5-6H2,1H3,(H,11,12). The van der Waals surface area contributed by atoms with Gasteiger partial charge < -0.3 is 9.84 Å². The molecule has 70 valence electrons. The molecule has 4 nitrogen and oxygen atoms in total. The van der Waals surface area contributed by atoms with Gasteiger partial charge in [-0.2, -0.15) is 0 Å². The summed E-state index contributed by atoms with van der Waals surface area (Å²) in [6.45, 7) is 0.552. The molecule has 0 saturated carbocycles. The predicted molar refractivity (Wildman–Crippen MR) is 46.8 cm³/mol. The molecule has 1 N–H and O–H groups in total. The molecule has 0 bridgehead atoms. The van der Waals surface area contributed by atoms with E-state index in [2.05, 4.69) is 4.98 Å². The molecule has 0 aliphatic carbocycles. The zero-order chi connectivity index (χ0) is 9.68. The van der Waals surface area contributed by atoms with Gasteiger partial charge in [0.1, 0.15) is 5.69 Å². The fraction of sp³-hybridized carbons (Fsp3) is 0.333. The SMILES string of the molecule is COCCc1cccc(C(=O)O)n1. The van der Waals surface area contributed by atoms with Gasteiger partial charge in [-0.05, 0) is 12.1 Å². The maximum atomic E-state index is 10.5. The van der Waals surface area contributed by atoms with Crippen LogP contribution in [0.3, 0.4) is 0 Å². The van der Waals surface area contributed by atoms with E-state index in [1.165, 1.54) is 6.07 Å². The molecule has 0 fully saturated rings. The second-order valence-electron chi connectivity index (χ2n) is 2.56. The second-order valence-corrected chi connectivity index (χ2v) is 2.56. The molecule has 0 saturated heterocycles. The maximum Gasteiger partial charge on any atom is 0.354 e. The van der Waals surface area contributed by atoms with Crippen LogP contribution in [0, 0.1) is 0 Å². The van der Waals surface area contributed by atoms with Crippen molar-refractivity contribution in [2.75, 3.05) is 13.7 Å². The number of carboxylic acids is 1. The lowest BCUT2D eigenvalue weighted by Gasteiger charge is -2.00. The Bertz CT molecular complexity index is 299. The van der Waals surface area contributed by atoms with Crippen molar-refractivity contribution in [2.24, 2.45) is 0 Å². The minimum Gasteiger partial charge on any atom is -0.477 e. The van der Waals surface area contributed by atoms with Gasteiger partial charge in [-0.15, -0.1) is 0 Å². The van der Waals surface area contributed by atoms with Crippen LogP contribution < -0.4 is 0 Å². The number of aromatic nitrogens is 1. The number of methoxy groups -OCH3 is 1. The molecule has 1 heterocycles. The number of carboxylic acid groups (broad SMARTS) is 1. The Morgan fingerprint density at radius 3 is 3.00 bits per heavy atom. The van der Waals surface area contributed by atoms with Crippen molar-refractivity contribution in [3.05, 3.63) is 29.6 Å². The minimum absolute atomic E-state index is 0.0774. The van der Waals surface area contributed by atoms with Gasteiger partial charge in [-0.3, -0.25) is 0 Å². The highest BCUT2D eigenvalue weighted by Crippen LogP contribution is 2.00. The highest BCUT2D eigenvalue weighted by molar-refractivity contribution is 5.85. The molecule has 0 aliphatic rings. The highest BCUT2D eigenvalue weighted by Gasteiger charge is 2.04. The molecular weight excluding hydrogens is 170 g/mol. The summed E-state index contributed by atoms with van der Waals surface area (Å²) in [5, 5.41) is 8.64. The fourth-order valence-electron chi connectivity index (χ4n) is 0.945. The number of aromatic carboxylic acids is 1. The Balaban J connectivity index is 2.73. The number of hydrogen-bond donors (Lipinski definition) is 1. The van der Waals surface area contributed by atoms with Crippen LogP contribution >= 0.6 is 0 Å². The van der Waals surface area contributed by atoms with Crippen LogP contribution in [0.25, 0.3) is 0 Å². The van der Waals surface area contributed by atoms with Crippen LogP contribution in [0.15, 0.2) is 18.2 Å². The lowest BCUT2D eigenvalue weighted by molar-refractivity contribution is 0.0690. The monoisotopic (exact) mass is 181 g/mol. The molecule has 13 heavy (non-hydrogen) atoms. The van der Waals surface area contributed by atoms with Gasteiger partial charge in [0.25, 0.3) is 0 Å². The third-order valence-electron chi connectivity index (χ3n) is 1.59. The molecule has 4 heteroatoms. The van der Waals surface area contributed by atoms with Gasteiger partial charge in [0, 0.05) is 19.2 Å². The molecule has 0 spiro atoms. The van der Waals surface area contributed by atoms with Crippen LogP contribution in [0.1, 0.15) is 16.2 Å². The van der Waals surface area contributed by atoms with Crippen molar-refractivity contribution in [1.82, 2.24) is 4.98 Å². The first-order valence-electron chi connectivity index (χ1n) is 3.92. The van der Waals surface area contributed by atoms with Crippen LogP contribution in [0.4, 0.5) is 0 Å².